The average Bonchev–Trinajstić information content (AvgIpc) is 3.09. The monoisotopic (exact) mass is 262 g/mol. The molecule has 96 valence electrons. The zero-order valence-corrected chi connectivity index (χ0v) is 11.6. The Morgan fingerprint density at radius 2 is 2.17 bits per heavy atom. The number of rotatable bonds is 4. The standard InChI is InChI=1S/C14H18N2OS/c1-10-4-3-5-11(8-10)9-16(2)13(17)14(6-7-14)12(15)18/h3-5,8H,6-7,9H2,1-2H3,(H2,15,18). The Morgan fingerprint density at radius 1 is 1.50 bits per heavy atom. The van der Waals surface area contributed by atoms with Crippen molar-refractivity contribution in [2.75, 3.05) is 7.05 Å². The molecule has 2 N–H and O–H groups in total. The molecular weight excluding hydrogens is 244 g/mol. The van der Waals surface area contributed by atoms with E-state index < -0.39 is 5.41 Å². The van der Waals surface area contributed by atoms with Crippen LogP contribution < -0.4 is 5.73 Å². The van der Waals surface area contributed by atoms with Gasteiger partial charge in [0, 0.05) is 13.6 Å². The highest BCUT2D eigenvalue weighted by atomic mass is 32.1. The number of nitrogens with two attached hydrogens (primary N) is 1. The van der Waals surface area contributed by atoms with Gasteiger partial charge in [-0.2, -0.15) is 0 Å². The summed E-state index contributed by atoms with van der Waals surface area (Å²) in [5.74, 6) is 0.0523. The Kier molecular flexibility index (Phi) is 3.39. The molecule has 1 aliphatic carbocycles. The lowest BCUT2D eigenvalue weighted by atomic mass is 10.1. The Morgan fingerprint density at radius 3 is 2.67 bits per heavy atom. The largest absolute Gasteiger partial charge is 0.392 e. The SMILES string of the molecule is Cc1cccc(CN(C)C(=O)C2(C(N)=S)CC2)c1. The van der Waals surface area contributed by atoms with Gasteiger partial charge in [0.25, 0.3) is 0 Å². The van der Waals surface area contributed by atoms with E-state index in [1.165, 1.54) is 5.56 Å². The molecule has 1 fully saturated rings. The minimum absolute atomic E-state index is 0.0523. The molecule has 0 heterocycles. The third kappa shape index (κ3) is 2.38. The third-order valence-electron chi connectivity index (χ3n) is 3.48. The van der Waals surface area contributed by atoms with Crippen molar-refractivity contribution < 1.29 is 4.79 Å². The van der Waals surface area contributed by atoms with E-state index in [-0.39, 0.29) is 5.91 Å². The molecule has 1 aliphatic rings. The molecule has 1 aromatic rings. The smallest absolute Gasteiger partial charge is 0.235 e. The molecule has 1 amide bonds. The lowest BCUT2D eigenvalue weighted by Gasteiger charge is -2.23. The molecule has 3 nitrogen and oxygen atoms in total. The summed E-state index contributed by atoms with van der Waals surface area (Å²) in [6.45, 7) is 2.65. The molecule has 0 spiro atoms. The van der Waals surface area contributed by atoms with Gasteiger partial charge in [-0.1, -0.05) is 42.0 Å². The molecule has 0 atom stereocenters. The van der Waals surface area contributed by atoms with Gasteiger partial charge in [0.2, 0.25) is 5.91 Å². The van der Waals surface area contributed by atoms with E-state index in [4.69, 9.17) is 18.0 Å². The Hall–Kier alpha value is -1.42. The summed E-state index contributed by atoms with van der Waals surface area (Å²) in [5, 5.41) is 0. The van der Waals surface area contributed by atoms with Gasteiger partial charge in [-0.05, 0) is 25.3 Å². The Bertz CT molecular complexity index is 494. The summed E-state index contributed by atoms with van der Waals surface area (Å²) >= 11 is 5.01. The first kappa shape index (κ1) is 13.0. The van der Waals surface area contributed by atoms with Crippen molar-refractivity contribution in [2.45, 2.75) is 26.3 Å². The van der Waals surface area contributed by atoms with Gasteiger partial charge in [0.1, 0.15) is 0 Å². The van der Waals surface area contributed by atoms with Crippen molar-refractivity contribution in [2.24, 2.45) is 11.1 Å². The fourth-order valence-electron chi connectivity index (χ4n) is 2.21. The van der Waals surface area contributed by atoms with Gasteiger partial charge in [-0.25, -0.2) is 0 Å². The van der Waals surface area contributed by atoms with E-state index in [0.29, 0.717) is 11.5 Å². The topological polar surface area (TPSA) is 46.3 Å². The minimum Gasteiger partial charge on any atom is -0.392 e. The molecule has 0 unspecified atom stereocenters. The number of hydrogen-bond acceptors (Lipinski definition) is 2. The number of benzene rings is 1. The maximum absolute atomic E-state index is 12.3. The fourth-order valence-corrected chi connectivity index (χ4v) is 2.50. The molecule has 0 radical (unpaired) electrons. The van der Waals surface area contributed by atoms with E-state index in [1.807, 2.05) is 32.2 Å². The number of nitrogens with zero attached hydrogens (tertiary/aromatic N) is 1. The van der Waals surface area contributed by atoms with E-state index in [1.54, 1.807) is 4.90 Å². The summed E-state index contributed by atoms with van der Waals surface area (Å²) in [7, 11) is 1.81. The first-order valence-corrected chi connectivity index (χ1v) is 6.47. The number of thiocarbonyl (C=S) groups is 1. The molecule has 18 heavy (non-hydrogen) atoms. The maximum atomic E-state index is 12.3. The van der Waals surface area contributed by atoms with E-state index in [0.717, 1.165) is 18.4 Å². The van der Waals surface area contributed by atoms with Gasteiger partial charge in [-0.3, -0.25) is 4.79 Å². The number of amides is 1. The summed E-state index contributed by atoms with van der Waals surface area (Å²) in [5.41, 5.74) is 7.45. The van der Waals surface area contributed by atoms with E-state index >= 15 is 0 Å². The summed E-state index contributed by atoms with van der Waals surface area (Å²) < 4.78 is 0. The summed E-state index contributed by atoms with van der Waals surface area (Å²) in [6, 6.07) is 8.16. The van der Waals surface area contributed by atoms with Crippen LogP contribution in [0.1, 0.15) is 24.0 Å². The first-order valence-electron chi connectivity index (χ1n) is 6.07. The highest BCUT2D eigenvalue weighted by Crippen LogP contribution is 2.47. The lowest BCUT2D eigenvalue weighted by molar-refractivity contribution is -0.133. The van der Waals surface area contributed by atoms with Gasteiger partial charge in [-0.15, -0.1) is 0 Å². The van der Waals surface area contributed by atoms with Crippen molar-refractivity contribution >= 4 is 23.1 Å². The maximum Gasteiger partial charge on any atom is 0.235 e. The van der Waals surface area contributed by atoms with Crippen LogP contribution in [0.15, 0.2) is 24.3 Å². The predicted molar refractivity (Wildman–Crippen MR) is 76.1 cm³/mol. The van der Waals surface area contributed by atoms with Crippen LogP contribution >= 0.6 is 12.2 Å². The summed E-state index contributed by atoms with van der Waals surface area (Å²) in [4.78, 5) is 14.4. The molecule has 2 rings (SSSR count). The molecule has 1 aromatic carbocycles. The summed E-state index contributed by atoms with van der Waals surface area (Å²) in [6.07, 6.45) is 1.58. The van der Waals surface area contributed by atoms with Gasteiger partial charge < -0.3 is 10.6 Å². The lowest BCUT2D eigenvalue weighted by Crippen LogP contribution is -2.40. The van der Waals surface area contributed by atoms with Gasteiger partial charge in [0.15, 0.2) is 0 Å². The number of aryl methyl sites for hydroxylation is 1. The minimum atomic E-state index is -0.548. The van der Waals surface area contributed by atoms with Crippen LogP contribution in [0.4, 0.5) is 0 Å². The number of carbonyl (C=O) groups is 1. The molecule has 4 heteroatoms. The Balaban J connectivity index is 2.07. The van der Waals surface area contributed by atoms with E-state index in [2.05, 4.69) is 6.07 Å². The van der Waals surface area contributed by atoms with Gasteiger partial charge in [0.05, 0.1) is 10.4 Å². The second-order valence-electron chi connectivity index (χ2n) is 5.10. The van der Waals surface area contributed by atoms with Crippen LogP contribution in [0.3, 0.4) is 0 Å². The zero-order chi connectivity index (χ0) is 13.3. The van der Waals surface area contributed by atoms with Crippen molar-refractivity contribution in [1.29, 1.82) is 0 Å². The van der Waals surface area contributed by atoms with Crippen molar-refractivity contribution in [3.63, 3.8) is 0 Å². The van der Waals surface area contributed by atoms with Crippen molar-refractivity contribution in [3.05, 3.63) is 35.4 Å². The van der Waals surface area contributed by atoms with Crippen LogP contribution in [0.2, 0.25) is 0 Å². The second-order valence-corrected chi connectivity index (χ2v) is 5.54. The number of hydrogen-bond donors (Lipinski definition) is 1. The molecule has 0 aliphatic heterocycles. The predicted octanol–water partition coefficient (Wildman–Crippen LogP) is 2.02. The van der Waals surface area contributed by atoms with E-state index in [9.17, 15) is 4.79 Å². The Labute approximate surface area is 113 Å². The average molecular weight is 262 g/mol. The van der Waals surface area contributed by atoms with Crippen LogP contribution in [0.5, 0.6) is 0 Å². The van der Waals surface area contributed by atoms with Crippen LogP contribution in [-0.2, 0) is 11.3 Å². The first-order chi connectivity index (χ1) is 8.45. The molecule has 1 saturated carbocycles. The normalized spacial score (nSPS) is 16.1. The fraction of sp³-hybridized carbons (Fsp3) is 0.429. The molecule has 0 saturated heterocycles. The quantitative estimate of drug-likeness (QED) is 0.844. The van der Waals surface area contributed by atoms with Crippen molar-refractivity contribution in [3.8, 4) is 0 Å². The molecule has 0 aromatic heterocycles. The molecule has 0 bridgehead atoms. The number of carbonyl (C=O) groups excluding carboxylic acids is 1. The van der Waals surface area contributed by atoms with Crippen LogP contribution in [0, 0.1) is 12.3 Å². The zero-order valence-electron chi connectivity index (χ0n) is 10.8. The van der Waals surface area contributed by atoms with Crippen LogP contribution in [-0.4, -0.2) is 22.8 Å². The highest BCUT2D eigenvalue weighted by molar-refractivity contribution is 7.80. The molecular formula is C14H18N2OS. The van der Waals surface area contributed by atoms with Crippen LogP contribution in [0.25, 0.3) is 0 Å². The van der Waals surface area contributed by atoms with Crippen molar-refractivity contribution in [1.82, 2.24) is 4.90 Å². The third-order valence-corrected chi connectivity index (χ3v) is 3.87. The second kappa shape index (κ2) is 4.69. The van der Waals surface area contributed by atoms with Gasteiger partial charge >= 0.3 is 0 Å². The highest BCUT2D eigenvalue weighted by Gasteiger charge is 2.53.